The number of carboxylic acid groups (broad SMARTS) is 1. The molecule has 8 nitrogen and oxygen atoms in total. The molecule has 3 N–H and O–H groups in total. The third-order valence-electron chi connectivity index (χ3n) is 6.39. The monoisotopic (exact) mass is 471 g/mol. The molecular formula is C24H23F2N3O5. The van der Waals surface area contributed by atoms with E-state index >= 15 is 8.78 Å². The number of halogens is 2. The molecule has 1 aliphatic heterocycles. The van der Waals surface area contributed by atoms with Crippen LogP contribution in [0.15, 0.2) is 29.2 Å². The van der Waals surface area contributed by atoms with Crippen LogP contribution in [0, 0.1) is 11.6 Å². The molecule has 0 amide bonds. The van der Waals surface area contributed by atoms with Gasteiger partial charge in [0.2, 0.25) is 5.43 Å². The van der Waals surface area contributed by atoms with E-state index < -0.39 is 28.6 Å². The smallest absolute Gasteiger partial charge is 0.341 e. The van der Waals surface area contributed by atoms with E-state index in [9.17, 15) is 19.8 Å². The molecule has 178 valence electrons. The van der Waals surface area contributed by atoms with Gasteiger partial charge in [0.15, 0.2) is 11.6 Å². The summed E-state index contributed by atoms with van der Waals surface area (Å²) < 4.78 is 38.9. The Morgan fingerprint density at radius 3 is 2.65 bits per heavy atom. The van der Waals surface area contributed by atoms with Gasteiger partial charge in [0, 0.05) is 37.4 Å². The largest absolute Gasteiger partial charge is 0.496 e. The highest BCUT2D eigenvalue weighted by Crippen LogP contribution is 2.44. The van der Waals surface area contributed by atoms with Gasteiger partial charge >= 0.3 is 5.97 Å². The molecule has 1 aliphatic carbocycles. The van der Waals surface area contributed by atoms with Crippen molar-refractivity contribution in [2.24, 2.45) is 0 Å². The summed E-state index contributed by atoms with van der Waals surface area (Å²) in [6.45, 7) is -0.0497. The zero-order chi connectivity index (χ0) is 24.1. The van der Waals surface area contributed by atoms with E-state index in [4.69, 9.17) is 4.74 Å². The van der Waals surface area contributed by atoms with Crippen LogP contribution >= 0.6 is 0 Å². The third kappa shape index (κ3) is 3.37. The summed E-state index contributed by atoms with van der Waals surface area (Å²) in [7, 11) is 1.53. The van der Waals surface area contributed by atoms with Crippen molar-refractivity contribution in [2.45, 2.75) is 32.0 Å². The molecule has 0 radical (unpaired) electrons. The molecule has 2 aliphatic rings. The van der Waals surface area contributed by atoms with E-state index in [-0.39, 0.29) is 54.6 Å². The van der Waals surface area contributed by atoms with Gasteiger partial charge in [0.25, 0.3) is 0 Å². The highest BCUT2D eigenvalue weighted by Gasteiger charge is 2.35. The molecule has 5 rings (SSSR count). The zero-order valence-corrected chi connectivity index (χ0v) is 18.4. The molecule has 1 aromatic heterocycles. The van der Waals surface area contributed by atoms with Crippen LogP contribution in [-0.4, -0.2) is 41.0 Å². The van der Waals surface area contributed by atoms with Gasteiger partial charge in [-0.25, -0.2) is 13.6 Å². The van der Waals surface area contributed by atoms with E-state index in [2.05, 4.69) is 5.32 Å². The van der Waals surface area contributed by atoms with Gasteiger partial charge in [-0.15, -0.1) is 0 Å². The third-order valence-corrected chi connectivity index (χ3v) is 6.39. The number of carboxylic acids is 1. The van der Waals surface area contributed by atoms with Crippen LogP contribution in [0.25, 0.3) is 10.9 Å². The summed E-state index contributed by atoms with van der Waals surface area (Å²) in [4.78, 5) is 26.4. The standard InChI is InChI=1S/C24H23F2N3O5/c1-34-16-4-2-3-12-9-28(10-14(12)16)22-18(25)20(27-7-8-30)17-21(19(22)26)29(13-5-6-13)11-15(23(17)31)24(32)33/h2-4,11,13,27,30H,5-10H2,1H3,(H,32,33). The number of nitrogens with one attached hydrogen (secondary N) is 1. The molecular weight excluding hydrogens is 448 g/mol. The fourth-order valence-corrected chi connectivity index (χ4v) is 4.68. The minimum atomic E-state index is -1.47. The number of benzene rings is 2. The molecule has 2 heterocycles. The van der Waals surface area contributed by atoms with Crippen LogP contribution in [0.1, 0.15) is 40.4 Å². The Bertz CT molecular complexity index is 1380. The number of pyridine rings is 1. The van der Waals surface area contributed by atoms with Gasteiger partial charge in [-0.3, -0.25) is 4.79 Å². The van der Waals surface area contributed by atoms with Crippen LogP contribution in [-0.2, 0) is 13.1 Å². The number of aliphatic hydroxyl groups is 1. The first-order valence-corrected chi connectivity index (χ1v) is 10.9. The average molecular weight is 471 g/mol. The number of aliphatic hydroxyl groups excluding tert-OH is 1. The normalized spacial score (nSPS) is 15.0. The molecule has 1 saturated carbocycles. The van der Waals surface area contributed by atoms with E-state index in [1.165, 1.54) is 16.6 Å². The number of rotatable bonds is 7. The summed E-state index contributed by atoms with van der Waals surface area (Å²) in [5, 5.41) is 21.2. The lowest BCUT2D eigenvalue weighted by atomic mass is 10.1. The van der Waals surface area contributed by atoms with Crippen LogP contribution in [0.2, 0.25) is 0 Å². The number of carbonyl (C=O) groups is 1. The van der Waals surface area contributed by atoms with Gasteiger partial charge in [-0.2, -0.15) is 0 Å². The van der Waals surface area contributed by atoms with Crippen molar-refractivity contribution in [1.29, 1.82) is 0 Å². The van der Waals surface area contributed by atoms with Crippen molar-refractivity contribution in [3.8, 4) is 5.75 Å². The molecule has 0 spiro atoms. The number of ether oxygens (including phenoxy) is 1. The van der Waals surface area contributed by atoms with E-state index in [1.54, 1.807) is 12.1 Å². The minimum Gasteiger partial charge on any atom is -0.496 e. The average Bonchev–Trinajstić information content (AvgIpc) is 3.57. The molecule has 10 heteroatoms. The predicted molar refractivity (Wildman–Crippen MR) is 122 cm³/mol. The number of methoxy groups -OCH3 is 1. The van der Waals surface area contributed by atoms with Crippen molar-refractivity contribution in [3.05, 3.63) is 62.9 Å². The second-order valence-electron chi connectivity index (χ2n) is 8.50. The fraction of sp³-hybridized carbons (Fsp3) is 0.333. The maximum absolute atomic E-state index is 16.2. The summed E-state index contributed by atoms with van der Waals surface area (Å²) >= 11 is 0. The van der Waals surface area contributed by atoms with E-state index in [0.29, 0.717) is 18.6 Å². The number of fused-ring (bicyclic) bond motifs is 2. The second-order valence-corrected chi connectivity index (χ2v) is 8.50. The Morgan fingerprint density at radius 2 is 2.00 bits per heavy atom. The highest BCUT2D eigenvalue weighted by atomic mass is 19.1. The van der Waals surface area contributed by atoms with E-state index in [1.807, 2.05) is 6.07 Å². The summed E-state index contributed by atoms with van der Waals surface area (Å²) in [6.07, 6.45) is 2.52. The highest BCUT2D eigenvalue weighted by molar-refractivity contribution is 6.00. The topological polar surface area (TPSA) is 104 Å². The Kier molecular flexibility index (Phi) is 5.40. The number of aromatic carboxylic acids is 1. The fourth-order valence-electron chi connectivity index (χ4n) is 4.68. The number of nitrogens with zero attached hydrogens (tertiary/aromatic N) is 2. The minimum absolute atomic E-state index is 0.106. The molecule has 3 aromatic rings. The predicted octanol–water partition coefficient (Wildman–Crippen LogP) is 3.25. The lowest BCUT2D eigenvalue weighted by Crippen LogP contribution is -2.25. The van der Waals surface area contributed by atoms with Gasteiger partial charge in [-0.1, -0.05) is 12.1 Å². The number of hydrogen-bond donors (Lipinski definition) is 3. The molecule has 0 saturated heterocycles. The van der Waals surface area contributed by atoms with Crippen LogP contribution in [0.5, 0.6) is 5.75 Å². The summed E-state index contributed by atoms with van der Waals surface area (Å²) in [6, 6.07) is 5.26. The molecule has 0 bridgehead atoms. The number of aromatic nitrogens is 1. The lowest BCUT2D eigenvalue weighted by molar-refractivity contribution is 0.0694. The molecule has 0 atom stereocenters. The second kappa shape index (κ2) is 8.28. The Balaban J connectivity index is 1.79. The van der Waals surface area contributed by atoms with Gasteiger partial charge in [0.1, 0.15) is 17.0 Å². The van der Waals surface area contributed by atoms with Crippen molar-refractivity contribution in [2.75, 3.05) is 30.5 Å². The SMILES string of the molecule is COc1cccc2c1CN(c1c(F)c(NCCO)c3c(=O)c(C(=O)O)cn(C4CC4)c3c1F)C2. The number of anilines is 2. The molecule has 0 unspecified atom stereocenters. The first-order chi connectivity index (χ1) is 16.4. The van der Waals surface area contributed by atoms with E-state index in [0.717, 1.165) is 17.3 Å². The van der Waals surface area contributed by atoms with Crippen molar-refractivity contribution in [1.82, 2.24) is 4.57 Å². The quantitative estimate of drug-likeness (QED) is 0.486. The van der Waals surface area contributed by atoms with Crippen molar-refractivity contribution in [3.63, 3.8) is 0 Å². The summed E-state index contributed by atoms with van der Waals surface area (Å²) in [5.74, 6) is -2.79. The first-order valence-electron chi connectivity index (χ1n) is 10.9. The van der Waals surface area contributed by atoms with Crippen LogP contribution < -0.4 is 20.4 Å². The maximum atomic E-state index is 16.2. The summed E-state index contributed by atoms with van der Waals surface area (Å²) in [5.41, 5.74) is -0.628. The maximum Gasteiger partial charge on any atom is 0.341 e. The molecule has 2 aromatic carbocycles. The lowest BCUT2D eigenvalue weighted by Gasteiger charge is -2.24. The van der Waals surface area contributed by atoms with Crippen LogP contribution in [0.4, 0.5) is 20.2 Å². The van der Waals surface area contributed by atoms with Gasteiger partial charge in [-0.05, 0) is 24.5 Å². The Labute approximate surface area is 193 Å². The van der Waals surface area contributed by atoms with Gasteiger partial charge in [0.05, 0.1) is 30.3 Å². The van der Waals surface area contributed by atoms with Crippen molar-refractivity contribution >= 4 is 28.2 Å². The molecule has 34 heavy (non-hydrogen) atoms. The van der Waals surface area contributed by atoms with Crippen LogP contribution in [0.3, 0.4) is 0 Å². The Morgan fingerprint density at radius 1 is 1.24 bits per heavy atom. The van der Waals surface area contributed by atoms with Gasteiger partial charge < -0.3 is 29.7 Å². The molecule has 1 fully saturated rings. The first kappa shape index (κ1) is 22.1. The number of hydrogen-bond acceptors (Lipinski definition) is 6. The van der Waals surface area contributed by atoms with Crippen molar-refractivity contribution < 1.29 is 28.5 Å². The zero-order valence-electron chi connectivity index (χ0n) is 18.4. The Hall–Kier alpha value is -3.66.